The standard InChI is InChI=1S/C5H10O2.C4H8BrN/c1-5(2,3)7-4-6;5-1-4-2-6-3-4/h4H,1-3H3;4,6H,1-3H2. The zero-order valence-corrected chi connectivity index (χ0v) is 10.1. The van der Waals surface area contributed by atoms with Gasteiger partial charge in [0, 0.05) is 5.33 Å². The number of alkyl halides is 1. The molecule has 0 amide bonds. The molecule has 3 nitrogen and oxygen atoms in total. The molecule has 0 bridgehead atoms. The van der Waals surface area contributed by atoms with Gasteiger partial charge in [0.1, 0.15) is 5.60 Å². The van der Waals surface area contributed by atoms with Gasteiger partial charge >= 0.3 is 0 Å². The van der Waals surface area contributed by atoms with Gasteiger partial charge in [0.05, 0.1) is 0 Å². The zero-order valence-electron chi connectivity index (χ0n) is 8.47. The normalized spacial score (nSPS) is 16.6. The lowest BCUT2D eigenvalue weighted by atomic mass is 10.1. The van der Waals surface area contributed by atoms with Crippen molar-refractivity contribution in [2.24, 2.45) is 5.92 Å². The second-order valence-corrected chi connectivity index (χ2v) is 4.65. The van der Waals surface area contributed by atoms with E-state index in [1.165, 1.54) is 18.4 Å². The topological polar surface area (TPSA) is 38.3 Å². The molecule has 0 atom stereocenters. The van der Waals surface area contributed by atoms with Crippen molar-refractivity contribution in [3.8, 4) is 0 Å². The Labute approximate surface area is 88.4 Å². The highest BCUT2D eigenvalue weighted by atomic mass is 79.9. The van der Waals surface area contributed by atoms with Gasteiger partial charge in [0.15, 0.2) is 0 Å². The Kier molecular flexibility index (Phi) is 6.33. The smallest absolute Gasteiger partial charge is 0.293 e. The predicted octanol–water partition coefficient (Wildman–Crippen LogP) is 1.56. The van der Waals surface area contributed by atoms with Crippen LogP contribution in [0.5, 0.6) is 0 Å². The maximum Gasteiger partial charge on any atom is 0.293 e. The summed E-state index contributed by atoms with van der Waals surface area (Å²) in [5, 5.41) is 4.35. The molecule has 0 aromatic heterocycles. The average Bonchev–Trinajstić information content (AvgIpc) is 1.82. The Morgan fingerprint density at radius 3 is 2.08 bits per heavy atom. The van der Waals surface area contributed by atoms with E-state index in [1.807, 2.05) is 20.8 Å². The molecular weight excluding hydrogens is 234 g/mol. The summed E-state index contributed by atoms with van der Waals surface area (Å²) in [6.07, 6.45) is 0. The summed E-state index contributed by atoms with van der Waals surface area (Å²) in [5.74, 6) is 0.921. The summed E-state index contributed by atoms with van der Waals surface area (Å²) in [7, 11) is 0. The Morgan fingerprint density at radius 2 is 2.08 bits per heavy atom. The molecule has 4 heteroatoms. The van der Waals surface area contributed by atoms with E-state index in [9.17, 15) is 4.79 Å². The Bertz CT molecular complexity index is 138. The summed E-state index contributed by atoms with van der Waals surface area (Å²) in [4.78, 5) is 9.60. The van der Waals surface area contributed by atoms with Crippen LogP contribution in [0.3, 0.4) is 0 Å². The van der Waals surface area contributed by atoms with E-state index < -0.39 is 0 Å². The van der Waals surface area contributed by atoms with Crippen molar-refractivity contribution in [3.63, 3.8) is 0 Å². The van der Waals surface area contributed by atoms with Crippen LogP contribution in [0.25, 0.3) is 0 Å². The molecule has 1 aliphatic heterocycles. The highest BCUT2D eigenvalue weighted by Gasteiger charge is 2.13. The molecule has 78 valence electrons. The van der Waals surface area contributed by atoms with E-state index in [-0.39, 0.29) is 5.60 Å². The Morgan fingerprint density at radius 1 is 1.54 bits per heavy atom. The first-order valence-corrected chi connectivity index (χ1v) is 5.50. The fraction of sp³-hybridized carbons (Fsp3) is 0.889. The van der Waals surface area contributed by atoms with Gasteiger partial charge in [-0.05, 0) is 39.8 Å². The summed E-state index contributed by atoms with van der Waals surface area (Å²) < 4.78 is 4.55. The van der Waals surface area contributed by atoms with Gasteiger partial charge in [-0.3, -0.25) is 4.79 Å². The van der Waals surface area contributed by atoms with Crippen molar-refractivity contribution in [1.29, 1.82) is 0 Å². The van der Waals surface area contributed by atoms with Crippen molar-refractivity contribution >= 4 is 22.4 Å². The first kappa shape index (κ1) is 12.9. The third kappa shape index (κ3) is 8.25. The number of rotatable bonds is 2. The predicted molar refractivity (Wildman–Crippen MR) is 57.1 cm³/mol. The molecule has 0 aromatic carbocycles. The third-order valence-electron chi connectivity index (χ3n) is 1.49. The minimum atomic E-state index is -0.318. The molecule has 1 aliphatic rings. The molecule has 0 spiro atoms. The lowest BCUT2D eigenvalue weighted by molar-refractivity contribution is -0.138. The molecule has 13 heavy (non-hydrogen) atoms. The highest BCUT2D eigenvalue weighted by Crippen LogP contribution is 2.04. The van der Waals surface area contributed by atoms with Crippen LogP contribution in [0.15, 0.2) is 0 Å². The molecule has 1 N–H and O–H groups in total. The van der Waals surface area contributed by atoms with Crippen LogP contribution < -0.4 is 5.32 Å². The minimum Gasteiger partial charge on any atom is -0.462 e. The van der Waals surface area contributed by atoms with Crippen LogP contribution in [0.2, 0.25) is 0 Å². The fourth-order valence-corrected chi connectivity index (χ4v) is 1.06. The molecule has 1 fully saturated rings. The van der Waals surface area contributed by atoms with Crippen molar-refractivity contribution in [1.82, 2.24) is 5.32 Å². The maximum absolute atomic E-state index is 9.60. The first-order chi connectivity index (χ1) is 5.99. The van der Waals surface area contributed by atoms with Gasteiger partial charge in [0.2, 0.25) is 0 Å². The number of hydrogen-bond acceptors (Lipinski definition) is 3. The first-order valence-electron chi connectivity index (χ1n) is 4.37. The van der Waals surface area contributed by atoms with Crippen LogP contribution in [0.1, 0.15) is 20.8 Å². The van der Waals surface area contributed by atoms with E-state index in [0.29, 0.717) is 6.47 Å². The molecule has 1 rings (SSSR count). The van der Waals surface area contributed by atoms with E-state index in [2.05, 4.69) is 26.0 Å². The largest absolute Gasteiger partial charge is 0.462 e. The van der Waals surface area contributed by atoms with Crippen molar-refractivity contribution in [2.75, 3.05) is 18.4 Å². The number of nitrogens with one attached hydrogen (secondary N) is 1. The Balaban J connectivity index is 0.000000223. The SMILES string of the molecule is BrCC1CNC1.CC(C)(C)OC=O. The third-order valence-corrected chi connectivity index (χ3v) is 2.40. The number of hydrogen-bond donors (Lipinski definition) is 1. The van der Waals surface area contributed by atoms with Crippen LogP contribution in [0.4, 0.5) is 0 Å². The quantitative estimate of drug-likeness (QED) is 0.598. The van der Waals surface area contributed by atoms with E-state index >= 15 is 0 Å². The lowest BCUT2D eigenvalue weighted by Gasteiger charge is -2.24. The second-order valence-electron chi connectivity index (χ2n) is 4.01. The summed E-state index contributed by atoms with van der Waals surface area (Å²) in [5.41, 5.74) is -0.318. The average molecular weight is 252 g/mol. The van der Waals surface area contributed by atoms with Crippen LogP contribution in [0, 0.1) is 5.92 Å². The summed E-state index contributed by atoms with van der Waals surface area (Å²) >= 11 is 3.39. The summed E-state index contributed by atoms with van der Waals surface area (Å²) in [6, 6.07) is 0. The van der Waals surface area contributed by atoms with E-state index in [1.54, 1.807) is 0 Å². The van der Waals surface area contributed by atoms with Crippen molar-refractivity contribution in [2.45, 2.75) is 26.4 Å². The molecule has 1 saturated heterocycles. The van der Waals surface area contributed by atoms with E-state index in [4.69, 9.17) is 0 Å². The molecule has 0 aliphatic carbocycles. The van der Waals surface area contributed by atoms with Crippen LogP contribution >= 0.6 is 15.9 Å². The number of carbonyl (C=O) groups is 1. The number of carbonyl (C=O) groups excluding carboxylic acids is 1. The molecule has 1 heterocycles. The molecule has 0 saturated carbocycles. The lowest BCUT2D eigenvalue weighted by Crippen LogP contribution is -2.42. The summed E-state index contributed by atoms with van der Waals surface area (Å²) in [6.45, 7) is 8.35. The van der Waals surface area contributed by atoms with Gasteiger partial charge in [0.25, 0.3) is 6.47 Å². The fourth-order valence-electron chi connectivity index (χ4n) is 0.602. The maximum atomic E-state index is 9.60. The zero-order chi connectivity index (χ0) is 10.3. The van der Waals surface area contributed by atoms with Crippen molar-refractivity contribution < 1.29 is 9.53 Å². The minimum absolute atomic E-state index is 0.318. The van der Waals surface area contributed by atoms with E-state index in [0.717, 1.165) is 5.92 Å². The number of ether oxygens (including phenoxy) is 1. The highest BCUT2D eigenvalue weighted by molar-refractivity contribution is 9.09. The van der Waals surface area contributed by atoms with Crippen LogP contribution in [-0.2, 0) is 9.53 Å². The van der Waals surface area contributed by atoms with Gasteiger partial charge in [-0.25, -0.2) is 0 Å². The molecular formula is C9H18BrNO2. The van der Waals surface area contributed by atoms with Gasteiger partial charge in [-0.2, -0.15) is 0 Å². The van der Waals surface area contributed by atoms with Gasteiger partial charge < -0.3 is 10.1 Å². The number of halogens is 1. The molecule has 0 unspecified atom stereocenters. The Hall–Kier alpha value is -0.0900. The molecule has 0 radical (unpaired) electrons. The van der Waals surface area contributed by atoms with Gasteiger partial charge in [-0.15, -0.1) is 0 Å². The monoisotopic (exact) mass is 251 g/mol. The van der Waals surface area contributed by atoms with Gasteiger partial charge in [-0.1, -0.05) is 15.9 Å². The second kappa shape index (κ2) is 6.38. The van der Waals surface area contributed by atoms with Crippen molar-refractivity contribution in [3.05, 3.63) is 0 Å². The molecule has 0 aromatic rings. The van der Waals surface area contributed by atoms with Crippen LogP contribution in [-0.4, -0.2) is 30.5 Å².